The first-order chi connectivity index (χ1) is 13.0. The van der Waals surface area contributed by atoms with Gasteiger partial charge in [0.2, 0.25) is 5.91 Å². The molecule has 1 N–H and O–H groups in total. The van der Waals surface area contributed by atoms with Crippen LogP contribution in [0.25, 0.3) is 0 Å². The molecule has 3 fully saturated rings. The van der Waals surface area contributed by atoms with Crippen LogP contribution in [0.5, 0.6) is 0 Å². The highest BCUT2D eigenvalue weighted by atomic mass is 35.5. The van der Waals surface area contributed by atoms with Gasteiger partial charge in [0, 0.05) is 50.2 Å². The summed E-state index contributed by atoms with van der Waals surface area (Å²) in [6.45, 7) is 3.95. The first-order valence-electron chi connectivity index (χ1n) is 10.1. The Hall–Kier alpha value is -1.37. The largest absolute Gasteiger partial charge is 0.366 e. The van der Waals surface area contributed by atoms with E-state index in [0.29, 0.717) is 61.9 Å². The third-order valence-corrected chi connectivity index (χ3v) is 6.36. The van der Waals surface area contributed by atoms with Crippen molar-refractivity contribution >= 4 is 42.2 Å². The van der Waals surface area contributed by atoms with Crippen LogP contribution < -0.4 is 10.2 Å². The lowest BCUT2D eigenvalue weighted by Crippen LogP contribution is -2.49. The number of carbonyl (C=O) groups is 2. The fourth-order valence-electron chi connectivity index (χ4n) is 4.90. The lowest BCUT2D eigenvalue weighted by atomic mass is 9.89. The Labute approximate surface area is 184 Å². The van der Waals surface area contributed by atoms with Crippen molar-refractivity contribution in [1.29, 1.82) is 0 Å². The molecule has 162 valence electrons. The number of benzene rings is 1. The van der Waals surface area contributed by atoms with Gasteiger partial charge in [0.1, 0.15) is 5.82 Å². The minimum Gasteiger partial charge on any atom is -0.366 e. The lowest BCUT2D eigenvalue weighted by molar-refractivity contribution is -0.132. The topological polar surface area (TPSA) is 52.7 Å². The number of Topliss-reactive ketones (excluding diaryl/α,β-unsaturated/α-hetero) is 1. The van der Waals surface area contributed by atoms with Gasteiger partial charge in [-0.1, -0.05) is 0 Å². The highest BCUT2D eigenvalue weighted by molar-refractivity contribution is 5.94. The number of anilines is 1. The van der Waals surface area contributed by atoms with E-state index in [-0.39, 0.29) is 42.3 Å². The number of nitrogens with zero attached hydrogens (tertiary/aromatic N) is 2. The molecule has 3 saturated heterocycles. The van der Waals surface area contributed by atoms with Crippen molar-refractivity contribution in [1.82, 2.24) is 10.2 Å². The molecule has 3 aliphatic heterocycles. The predicted octanol–water partition coefficient (Wildman–Crippen LogP) is 3.44. The van der Waals surface area contributed by atoms with Crippen LogP contribution in [-0.2, 0) is 4.79 Å². The van der Waals surface area contributed by atoms with Crippen molar-refractivity contribution in [3.05, 3.63) is 29.6 Å². The Bertz CT molecular complexity index is 729. The second kappa shape index (κ2) is 10.1. The molecular formula is C21H30Cl2FN3O2. The number of fused-ring (bicyclic) bond motifs is 2. The molecule has 0 saturated carbocycles. The quantitative estimate of drug-likeness (QED) is 0.721. The molecule has 0 spiro atoms. The zero-order valence-corrected chi connectivity index (χ0v) is 18.4. The molecular weight excluding hydrogens is 416 g/mol. The predicted molar refractivity (Wildman–Crippen MR) is 117 cm³/mol. The Balaban J connectivity index is 0.00000150. The number of piperazine rings is 1. The van der Waals surface area contributed by atoms with Crippen molar-refractivity contribution in [3.8, 4) is 0 Å². The zero-order valence-electron chi connectivity index (χ0n) is 16.7. The van der Waals surface area contributed by atoms with Crippen molar-refractivity contribution in [2.24, 2.45) is 5.92 Å². The summed E-state index contributed by atoms with van der Waals surface area (Å²) < 4.78 is 14.4. The van der Waals surface area contributed by atoms with E-state index in [0.717, 1.165) is 12.8 Å². The van der Waals surface area contributed by atoms with E-state index >= 15 is 0 Å². The van der Waals surface area contributed by atoms with Gasteiger partial charge in [-0.3, -0.25) is 9.59 Å². The minimum absolute atomic E-state index is 0. The second-order valence-corrected chi connectivity index (χ2v) is 8.27. The van der Waals surface area contributed by atoms with Crippen molar-refractivity contribution in [3.63, 3.8) is 0 Å². The molecule has 1 aromatic carbocycles. The van der Waals surface area contributed by atoms with Gasteiger partial charge in [0.15, 0.2) is 5.78 Å². The Morgan fingerprint density at radius 3 is 2.24 bits per heavy atom. The molecule has 1 amide bonds. The third-order valence-electron chi connectivity index (χ3n) is 6.36. The van der Waals surface area contributed by atoms with Crippen LogP contribution in [-0.4, -0.2) is 54.9 Å². The molecule has 3 aliphatic rings. The molecule has 2 unspecified atom stereocenters. The van der Waals surface area contributed by atoms with Crippen LogP contribution in [0.15, 0.2) is 18.2 Å². The van der Waals surface area contributed by atoms with Crippen LogP contribution in [0, 0.1) is 11.7 Å². The number of ketones is 1. The first-order valence-corrected chi connectivity index (χ1v) is 10.1. The molecule has 2 atom stereocenters. The van der Waals surface area contributed by atoms with Crippen molar-refractivity contribution < 1.29 is 14.0 Å². The maximum atomic E-state index is 14.4. The second-order valence-electron chi connectivity index (χ2n) is 8.27. The number of rotatable bonds is 4. The molecule has 2 bridgehead atoms. The molecule has 8 heteroatoms. The first kappa shape index (κ1) is 23.9. The van der Waals surface area contributed by atoms with E-state index in [1.807, 2.05) is 9.80 Å². The summed E-state index contributed by atoms with van der Waals surface area (Å²) in [7, 11) is 0. The van der Waals surface area contributed by atoms with Gasteiger partial charge in [0.05, 0.1) is 5.69 Å². The smallest absolute Gasteiger partial charge is 0.222 e. The summed E-state index contributed by atoms with van der Waals surface area (Å²) in [5.74, 6) is 0.245. The Morgan fingerprint density at radius 2 is 1.69 bits per heavy atom. The van der Waals surface area contributed by atoms with Crippen molar-refractivity contribution in [2.75, 3.05) is 31.1 Å². The molecule has 0 aromatic heterocycles. The van der Waals surface area contributed by atoms with Gasteiger partial charge in [-0.05, 0) is 56.7 Å². The molecule has 1 aromatic rings. The normalized spacial score (nSPS) is 25.8. The van der Waals surface area contributed by atoms with E-state index in [2.05, 4.69) is 5.32 Å². The van der Waals surface area contributed by atoms with Crippen LogP contribution in [0.1, 0.15) is 49.4 Å². The summed E-state index contributed by atoms with van der Waals surface area (Å²) in [6.07, 6.45) is 5.40. The number of hydrogen-bond acceptors (Lipinski definition) is 4. The molecule has 3 heterocycles. The Kier molecular flexibility index (Phi) is 8.32. The molecule has 0 aliphatic carbocycles. The number of nitrogens with one attached hydrogen (secondary N) is 1. The average Bonchev–Trinajstić information content (AvgIpc) is 3.00. The van der Waals surface area contributed by atoms with Gasteiger partial charge < -0.3 is 15.1 Å². The summed E-state index contributed by atoms with van der Waals surface area (Å²) in [5.41, 5.74) is 0.906. The number of amides is 1. The number of carbonyl (C=O) groups excluding carboxylic acids is 2. The molecule has 5 nitrogen and oxygen atoms in total. The van der Waals surface area contributed by atoms with E-state index < -0.39 is 0 Å². The average molecular weight is 446 g/mol. The van der Waals surface area contributed by atoms with Crippen molar-refractivity contribution in [2.45, 2.75) is 51.1 Å². The highest BCUT2D eigenvalue weighted by Crippen LogP contribution is 2.33. The molecule has 0 radical (unpaired) electrons. The Morgan fingerprint density at radius 1 is 1.07 bits per heavy atom. The fraction of sp³-hybridized carbons (Fsp3) is 0.619. The number of hydrogen-bond donors (Lipinski definition) is 1. The van der Waals surface area contributed by atoms with Gasteiger partial charge in [0.25, 0.3) is 0 Å². The van der Waals surface area contributed by atoms with Crippen LogP contribution in [0.2, 0.25) is 0 Å². The monoisotopic (exact) mass is 445 g/mol. The van der Waals surface area contributed by atoms with Crippen LogP contribution in [0.4, 0.5) is 10.1 Å². The number of piperidine rings is 1. The SMILES string of the molecule is CC(=O)c1ccc(N2CCN(C(=O)CC3CC4CCC(C3)N4)CC2)c(F)c1.Cl.Cl. The summed E-state index contributed by atoms with van der Waals surface area (Å²) in [5, 5.41) is 3.63. The van der Waals surface area contributed by atoms with E-state index in [4.69, 9.17) is 0 Å². The molecule has 29 heavy (non-hydrogen) atoms. The standard InChI is InChI=1S/C21H28FN3O2.2ClH/c1-14(26)16-2-5-20(19(22)13-16)24-6-8-25(9-7-24)21(27)12-15-10-17-3-4-18(11-15)23-17;;/h2,5,13,15,17-18,23H,3-4,6-12H2,1H3;2*1H. The van der Waals surface area contributed by atoms with E-state index in [9.17, 15) is 14.0 Å². The summed E-state index contributed by atoms with van der Waals surface area (Å²) >= 11 is 0. The van der Waals surface area contributed by atoms with Gasteiger partial charge in [-0.2, -0.15) is 0 Å². The summed E-state index contributed by atoms with van der Waals surface area (Å²) in [4.78, 5) is 28.0. The summed E-state index contributed by atoms with van der Waals surface area (Å²) in [6, 6.07) is 5.87. The maximum absolute atomic E-state index is 14.4. The maximum Gasteiger partial charge on any atom is 0.222 e. The van der Waals surface area contributed by atoms with Gasteiger partial charge in [-0.15, -0.1) is 24.8 Å². The minimum atomic E-state index is -0.368. The van der Waals surface area contributed by atoms with E-state index in [1.54, 1.807) is 12.1 Å². The van der Waals surface area contributed by atoms with Gasteiger partial charge in [-0.25, -0.2) is 4.39 Å². The zero-order chi connectivity index (χ0) is 19.0. The van der Waals surface area contributed by atoms with Gasteiger partial charge >= 0.3 is 0 Å². The number of halogens is 3. The third kappa shape index (κ3) is 5.41. The van der Waals surface area contributed by atoms with Crippen LogP contribution >= 0.6 is 24.8 Å². The lowest BCUT2D eigenvalue weighted by Gasteiger charge is -2.37. The highest BCUT2D eigenvalue weighted by Gasteiger charge is 2.35. The molecule has 4 rings (SSSR count). The fourth-order valence-corrected chi connectivity index (χ4v) is 4.90. The van der Waals surface area contributed by atoms with Crippen LogP contribution in [0.3, 0.4) is 0 Å². The van der Waals surface area contributed by atoms with E-state index in [1.165, 1.54) is 25.8 Å².